The summed E-state index contributed by atoms with van der Waals surface area (Å²) in [6, 6.07) is 13.0. The van der Waals surface area contributed by atoms with E-state index in [2.05, 4.69) is 0 Å². The van der Waals surface area contributed by atoms with E-state index >= 15 is 0 Å². The van der Waals surface area contributed by atoms with Gasteiger partial charge in [0, 0.05) is 18.1 Å². The molecule has 0 aliphatic rings. The van der Waals surface area contributed by atoms with Crippen molar-refractivity contribution in [1.29, 1.82) is 0 Å². The third kappa shape index (κ3) is 4.08. The fourth-order valence-electron chi connectivity index (χ4n) is 2.65. The Morgan fingerprint density at radius 1 is 0.926 bits per heavy atom. The molecule has 4 nitrogen and oxygen atoms in total. The zero-order valence-corrected chi connectivity index (χ0v) is 14.2. The molecule has 0 atom stereocenters. The van der Waals surface area contributed by atoms with Crippen molar-refractivity contribution in [3.05, 3.63) is 82.8 Å². The number of halogens is 3. The summed E-state index contributed by atoms with van der Waals surface area (Å²) in [5.41, 5.74) is -0.520. The van der Waals surface area contributed by atoms with Gasteiger partial charge in [0.2, 0.25) is 0 Å². The lowest BCUT2D eigenvalue weighted by molar-refractivity contribution is -0.141. The summed E-state index contributed by atoms with van der Waals surface area (Å²) < 4.78 is 40.1. The van der Waals surface area contributed by atoms with Gasteiger partial charge in [-0.05, 0) is 23.3 Å². The second kappa shape index (κ2) is 7.11. The molecule has 0 unspecified atom stereocenters. The van der Waals surface area contributed by atoms with Crippen LogP contribution in [-0.2, 0) is 11.0 Å². The highest BCUT2D eigenvalue weighted by Crippen LogP contribution is 2.31. The SMILES string of the molecule is CC(=O)On1cc(-c2ccccc2)c(=O)c(-c2cccc(C(F)(F)F)c2)c1. The first-order valence-electron chi connectivity index (χ1n) is 7.94. The largest absolute Gasteiger partial charge is 0.416 e. The molecule has 7 heteroatoms. The van der Waals surface area contributed by atoms with Gasteiger partial charge in [-0.3, -0.25) is 4.79 Å². The minimum absolute atomic E-state index is 0.0105. The topological polar surface area (TPSA) is 48.3 Å². The predicted molar refractivity (Wildman–Crippen MR) is 93.8 cm³/mol. The number of carbonyl (C=O) groups excluding carboxylic acids is 1. The van der Waals surface area contributed by atoms with Crippen LogP contribution in [0.25, 0.3) is 22.3 Å². The molecule has 1 aromatic heterocycles. The lowest BCUT2D eigenvalue weighted by atomic mass is 10.00. The van der Waals surface area contributed by atoms with Crippen LogP contribution in [0.15, 0.2) is 71.8 Å². The molecule has 0 saturated heterocycles. The van der Waals surface area contributed by atoms with E-state index in [-0.39, 0.29) is 16.7 Å². The minimum atomic E-state index is -4.54. The molecule has 0 N–H and O–H groups in total. The van der Waals surface area contributed by atoms with Gasteiger partial charge >= 0.3 is 12.1 Å². The molecule has 0 spiro atoms. The van der Waals surface area contributed by atoms with Crippen molar-refractivity contribution in [2.45, 2.75) is 13.1 Å². The van der Waals surface area contributed by atoms with Crippen molar-refractivity contribution < 1.29 is 22.8 Å². The van der Waals surface area contributed by atoms with Gasteiger partial charge in [0.1, 0.15) is 0 Å². The molecule has 3 rings (SSSR count). The normalized spacial score (nSPS) is 11.3. The number of aromatic nitrogens is 1. The Bertz CT molecular complexity index is 1040. The number of benzene rings is 2. The first kappa shape index (κ1) is 18.4. The third-order valence-electron chi connectivity index (χ3n) is 3.82. The maximum atomic E-state index is 13.0. The van der Waals surface area contributed by atoms with Crippen molar-refractivity contribution >= 4 is 5.97 Å². The van der Waals surface area contributed by atoms with Crippen LogP contribution in [0, 0.1) is 0 Å². The summed E-state index contributed by atoms with van der Waals surface area (Å²) in [6.07, 6.45) is -2.01. The number of pyridine rings is 1. The average molecular weight is 373 g/mol. The lowest BCUT2D eigenvalue weighted by Crippen LogP contribution is -2.21. The third-order valence-corrected chi connectivity index (χ3v) is 3.82. The van der Waals surface area contributed by atoms with Crippen molar-refractivity contribution in [3.8, 4) is 22.3 Å². The summed E-state index contributed by atoms with van der Waals surface area (Å²) >= 11 is 0. The van der Waals surface area contributed by atoms with Crippen LogP contribution in [0.2, 0.25) is 0 Å². The van der Waals surface area contributed by atoms with Gasteiger partial charge in [0.25, 0.3) is 0 Å². The predicted octanol–water partition coefficient (Wildman–Crippen LogP) is 4.18. The lowest BCUT2D eigenvalue weighted by Gasteiger charge is -2.13. The van der Waals surface area contributed by atoms with Crippen molar-refractivity contribution in [2.75, 3.05) is 0 Å². The highest BCUT2D eigenvalue weighted by atomic mass is 19.4. The van der Waals surface area contributed by atoms with Gasteiger partial charge in [-0.2, -0.15) is 17.9 Å². The number of alkyl halides is 3. The maximum Gasteiger partial charge on any atom is 0.416 e. The van der Waals surface area contributed by atoms with Gasteiger partial charge in [0.15, 0.2) is 5.43 Å². The van der Waals surface area contributed by atoms with Crippen LogP contribution in [0.3, 0.4) is 0 Å². The summed E-state index contributed by atoms with van der Waals surface area (Å²) in [6.45, 7) is 1.18. The van der Waals surface area contributed by atoms with Crippen LogP contribution in [0.5, 0.6) is 0 Å². The van der Waals surface area contributed by atoms with Crippen LogP contribution >= 0.6 is 0 Å². The van der Waals surface area contributed by atoms with Crippen molar-refractivity contribution in [2.24, 2.45) is 0 Å². The van der Waals surface area contributed by atoms with E-state index in [1.165, 1.54) is 31.5 Å². The van der Waals surface area contributed by atoms with Gasteiger partial charge in [0.05, 0.1) is 18.0 Å². The van der Waals surface area contributed by atoms with E-state index in [0.29, 0.717) is 5.56 Å². The van der Waals surface area contributed by atoms with Gasteiger partial charge < -0.3 is 4.84 Å². The zero-order valence-electron chi connectivity index (χ0n) is 14.2. The Labute approximate surface area is 152 Å². The Morgan fingerprint density at radius 2 is 1.52 bits per heavy atom. The molecule has 3 aromatic rings. The average Bonchev–Trinajstić information content (AvgIpc) is 2.63. The minimum Gasteiger partial charge on any atom is -0.337 e. The van der Waals surface area contributed by atoms with E-state index in [1.807, 2.05) is 0 Å². The van der Waals surface area contributed by atoms with Crippen LogP contribution < -0.4 is 10.3 Å². The maximum absolute atomic E-state index is 13.0. The second-order valence-electron chi connectivity index (χ2n) is 5.80. The standard InChI is InChI=1S/C20H14F3NO3/c1-13(25)27-24-11-17(14-6-3-2-4-7-14)19(26)18(12-24)15-8-5-9-16(10-15)20(21,22)23/h2-12H,1H3. The first-order chi connectivity index (χ1) is 12.8. The highest BCUT2D eigenvalue weighted by Gasteiger charge is 2.30. The molecule has 138 valence electrons. The number of hydrogen-bond acceptors (Lipinski definition) is 3. The zero-order chi connectivity index (χ0) is 19.6. The van der Waals surface area contributed by atoms with Crippen molar-refractivity contribution in [3.63, 3.8) is 0 Å². The highest BCUT2D eigenvalue weighted by molar-refractivity contribution is 5.72. The van der Waals surface area contributed by atoms with E-state index < -0.39 is 23.1 Å². The monoisotopic (exact) mass is 373 g/mol. The molecule has 0 aliphatic heterocycles. The summed E-state index contributed by atoms with van der Waals surface area (Å²) in [5, 5.41) is 0. The van der Waals surface area contributed by atoms with Crippen molar-refractivity contribution in [1.82, 2.24) is 4.73 Å². The van der Waals surface area contributed by atoms with Gasteiger partial charge in [-0.25, -0.2) is 4.79 Å². The van der Waals surface area contributed by atoms with E-state index in [0.717, 1.165) is 16.9 Å². The van der Waals surface area contributed by atoms with Crippen LogP contribution in [0.4, 0.5) is 13.2 Å². The molecule has 0 amide bonds. The number of carbonyl (C=O) groups is 1. The summed E-state index contributed by atoms with van der Waals surface area (Å²) in [4.78, 5) is 29.3. The van der Waals surface area contributed by atoms with E-state index in [9.17, 15) is 22.8 Å². The quantitative estimate of drug-likeness (QED) is 0.692. The van der Waals surface area contributed by atoms with Gasteiger partial charge in [-0.1, -0.05) is 42.5 Å². The molecule has 0 saturated carbocycles. The smallest absolute Gasteiger partial charge is 0.337 e. The van der Waals surface area contributed by atoms with E-state index in [4.69, 9.17) is 4.84 Å². The molecule has 1 heterocycles. The van der Waals surface area contributed by atoms with E-state index in [1.54, 1.807) is 30.3 Å². The fraction of sp³-hybridized carbons (Fsp3) is 0.100. The Hall–Kier alpha value is -3.35. The molecule has 27 heavy (non-hydrogen) atoms. The molecular formula is C20H14F3NO3. The molecular weight excluding hydrogens is 359 g/mol. The summed E-state index contributed by atoms with van der Waals surface area (Å²) in [5.74, 6) is -0.632. The Kier molecular flexibility index (Phi) is 4.85. The summed E-state index contributed by atoms with van der Waals surface area (Å²) in [7, 11) is 0. The van der Waals surface area contributed by atoms with Crippen LogP contribution in [-0.4, -0.2) is 10.7 Å². The fourth-order valence-corrected chi connectivity index (χ4v) is 2.65. The number of rotatable bonds is 3. The molecule has 0 bridgehead atoms. The second-order valence-corrected chi connectivity index (χ2v) is 5.80. The first-order valence-corrected chi connectivity index (χ1v) is 7.94. The molecule has 0 radical (unpaired) electrons. The van der Waals surface area contributed by atoms with Crippen LogP contribution in [0.1, 0.15) is 12.5 Å². The number of nitrogens with zero attached hydrogens (tertiary/aromatic N) is 1. The molecule has 0 fully saturated rings. The Morgan fingerprint density at radius 3 is 2.11 bits per heavy atom. The molecule has 2 aromatic carbocycles. The molecule has 0 aliphatic carbocycles. The number of hydrogen-bond donors (Lipinski definition) is 0. The Balaban J connectivity index is 2.23. The van der Waals surface area contributed by atoms with Gasteiger partial charge in [-0.15, -0.1) is 0 Å².